The highest BCUT2D eigenvalue weighted by Crippen LogP contribution is 2.10. The monoisotopic (exact) mass is 308 g/mol. The average molecular weight is 308 g/mol. The topological polar surface area (TPSA) is 94.6 Å². The zero-order valence-corrected chi connectivity index (χ0v) is 13.1. The number of hydrogen-bond donors (Lipinski definition) is 1. The van der Waals surface area contributed by atoms with Crippen molar-refractivity contribution in [3.63, 3.8) is 0 Å². The number of ether oxygens (including phenoxy) is 2. The van der Waals surface area contributed by atoms with Gasteiger partial charge in [0.15, 0.2) is 0 Å². The third-order valence-electron chi connectivity index (χ3n) is 2.48. The van der Waals surface area contributed by atoms with Crippen molar-refractivity contribution >= 4 is 17.8 Å². The maximum absolute atomic E-state index is 12.0. The highest BCUT2D eigenvalue weighted by Gasteiger charge is 2.28. The van der Waals surface area contributed by atoms with E-state index in [-0.39, 0.29) is 12.1 Å². The summed E-state index contributed by atoms with van der Waals surface area (Å²) >= 11 is 0. The van der Waals surface area contributed by atoms with Gasteiger partial charge in [0.2, 0.25) is 0 Å². The van der Waals surface area contributed by atoms with Crippen LogP contribution in [0.2, 0.25) is 0 Å². The van der Waals surface area contributed by atoms with Crippen molar-refractivity contribution in [2.75, 3.05) is 7.11 Å². The zero-order valence-electron chi connectivity index (χ0n) is 13.1. The number of esters is 2. The first-order valence-electron chi connectivity index (χ1n) is 6.74. The Labute approximate surface area is 129 Å². The second kappa shape index (κ2) is 7.53. The lowest BCUT2D eigenvalue weighted by molar-refractivity contribution is -0.158. The highest BCUT2D eigenvalue weighted by atomic mass is 16.6. The first kappa shape index (κ1) is 17.6. The zero-order chi connectivity index (χ0) is 16.8. The van der Waals surface area contributed by atoms with Crippen LogP contribution in [0.4, 0.5) is 0 Å². The minimum atomic E-state index is -1.13. The van der Waals surface area contributed by atoms with Gasteiger partial charge in [0, 0.05) is 6.20 Å². The smallest absolute Gasteiger partial charge is 0.328 e. The second-order valence-electron chi connectivity index (χ2n) is 5.55. The molecule has 0 unspecified atom stereocenters. The SMILES string of the molecule is COC(=O)[C@H](CC(=O)OC(C)(C)C)NC(=O)c1ccccn1. The van der Waals surface area contributed by atoms with Crippen molar-refractivity contribution < 1.29 is 23.9 Å². The van der Waals surface area contributed by atoms with Gasteiger partial charge >= 0.3 is 11.9 Å². The number of pyridine rings is 1. The number of methoxy groups -OCH3 is 1. The summed E-state index contributed by atoms with van der Waals surface area (Å²) in [6.45, 7) is 5.14. The Balaban J connectivity index is 2.75. The number of hydrogen-bond acceptors (Lipinski definition) is 6. The lowest BCUT2D eigenvalue weighted by Crippen LogP contribution is -2.44. The number of carbonyl (C=O) groups excluding carboxylic acids is 3. The molecule has 0 aliphatic carbocycles. The van der Waals surface area contributed by atoms with E-state index in [1.165, 1.54) is 19.4 Å². The van der Waals surface area contributed by atoms with Crippen LogP contribution in [0.5, 0.6) is 0 Å². The minimum absolute atomic E-state index is 0.139. The van der Waals surface area contributed by atoms with E-state index in [1.54, 1.807) is 32.9 Å². The lowest BCUT2D eigenvalue weighted by atomic mass is 10.1. The molecule has 0 aliphatic rings. The van der Waals surface area contributed by atoms with Crippen LogP contribution in [0, 0.1) is 0 Å². The van der Waals surface area contributed by atoms with Crippen LogP contribution < -0.4 is 5.32 Å². The normalized spacial score (nSPS) is 12.2. The van der Waals surface area contributed by atoms with Gasteiger partial charge in [0.1, 0.15) is 17.3 Å². The van der Waals surface area contributed by atoms with Gasteiger partial charge in [0.25, 0.3) is 5.91 Å². The second-order valence-corrected chi connectivity index (χ2v) is 5.55. The van der Waals surface area contributed by atoms with Gasteiger partial charge < -0.3 is 14.8 Å². The molecule has 1 atom stereocenters. The maximum atomic E-state index is 12.0. The van der Waals surface area contributed by atoms with Crippen molar-refractivity contribution in [1.29, 1.82) is 0 Å². The molecule has 1 aromatic heterocycles. The van der Waals surface area contributed by atoms with E-state index >= 15 is 0 Å². The van der Waals surface area contributed by atoms with Crippen LogP contribution in [-0.2, 0) is 19.1 Å². The predicted octanol–water partition coefficient (Wildman–Crippen LogP) is 1.08. The van der Waals surface area contributed by atoms with Gasteiger partial charge in [-0.1, -0.05) is 6.07 Å². The Kier molecular flexibility index (Phi) is 6.03. The number of amides is 1. The quantitative estimate of drug-likeness (QED) is 0.818. The molecule has 0 spiro atoms. The fourth-order valence-electron chi connectivity index (χ4n) is 1.61. The average Bonchev–Trinajstić information content (AvgIpc) is 2.44. The number of aromatic nitrogens is 1. The van der Waals surface area contributed by atoms with E-state index < -0.39 is 29.5 Å². The van der Waals surface area contributed by atoms with Gasteiger partial charge in [-0.05, 0) is 32.9 Å². The van der Waals surface area contributed by atoms with Gasteiger partial charge in [-0.15, -0.1) is 0 Å². The molecule has 7 nitrogen and oxygen atoms in total. The summed E-state index contributed by atoms with van der Waals surface area (Å²) in [6, 6.07) is 3.67. The van der Waals surface area contributed by atoms with E-state index in [1.807, 2.05) is 0 Å². The van der Waals surface area contributed by atoms with Crippen molar-refractivity contribution in [3.8, 4) is 0 Å². The molecular formula is C15H20N2O5. The summed E-state index contributed by atoms with van der Waals surface area (Å²) in [5, 5.41) is 2.42. The number of rotatable bonds is 5. The standard InChI is InChI=1S/C15H20N2O5/c1-15(2,3)22-12(18)9-11(14(20)21-4)17-13(19)10-7-5-6-8-16-10/h5-8,11H,9H2,1-4H3,(H,17,19)/t11-/m0/s1. The predicted molar refractivity (Wildman–Crippen MR) is 78.0 cm³/mol. The summed E-state index contributed by atoms with van der Waals surface area (Å²) in [5.41, 5.74) is -0.538. The van der Waals surface area contributed by atoms with E-state index in [0.717, 1.165) is 0 Å². The van der Waals surface area contributed by atoms with Crippen molar-refractivity contribution in [1.82, 2.24) is 10.3 Å². The molecule has 22 heavy (non-hydrogen) atoms. The summed E-state index contributed by atoms with van der Waals surface area (Å²) in [5.74, 6) is -1.90. The molecule has 1 heterocycles. The van der Waals surface area contributed by atoms with Gasteiger partial charge in [0.05, 0.1) is 13.5 Å². The van der Waals surface area contributed by atoms with Crippen LogP contribution in [0.1, 0.15) is 37.7 Å². The van der Waals surface area contributed by atoms with Gasteiger partial charge in [-0.2, -0.15) is 0 Å². The summed E-state index contributed by atoms with van der Waals surface area (Å²) in [6.07, 6.45) is 1.14. The molecule has 0 saturated heterocycles. The highest BCUT2D eigenvalue weighted by molar-refractivity contribution is 5.96. The Morgan fingerprint density at radius 3 is 2.45 bits per heavy atom. The number of carbonyl (C=O) groups is 3. The molecule has 1 aromatic rings. The number of nitrogens with one attached hydrogen (secondary N) is 1. The van der Waals surface area contributed by atoms with Crippen molar-refractivity contribution in [3.05, 3.63) is 30.1 Å². The van der Waals surface area contributed by atoms with Crippen LogP contribution >= 0.6 is 0 Å². The Morgan fingerprint density at radius 1 is 1.27 bits per heavy atom. The fraction of sp³-hybridized carbons (Fsp3) is 0.467. The molecule has 0 fully saturated rings. The Bertz CT molecular complexity index is 537. The molecule has 7 heteroatoms. The largest absolute Gasteiger partial charge is 0.467 e. The molecule has 0 bridgehead atoms. The number of nitrogens with zero attached hydrogens (tertiary/aromatic N) is 1. The molecule has 0 radical (unpaired) electrons. The van der Waals surface area contributed by atoms with E-state index in [0.29, 0.717) is 0 Å². The molecular weight excluding hydrogens is 288 g/mol. The maximum Gasteiger partial charge on any atom is 0.328 e. The fourth-order valence-corrected chi connectivity index (χ4v) is 1.61. The van der Waals surface area contributed by atoms with Gasteiger partial charge in [-0.3, -0.25) is 14.6 Å². The summed E-state index contributed by atoms with van der Waals surface area (Å²) in [7, 11) is 1.18. The molecule has 1 N–H and O–H groups in total. The van der Waals surface area contributed by atoms with Crippen LogP contribution in [0.15, 0.2) is 24.4 Å². The Morgan fingerprint density at radius 2 is 1.95 bits per heavy atom. The summed E-state index contributed by atoms with van der Waals surface area (Å²) in [4.78, 5) is 39.4. The summed E-state index contributed by atoms with van der Waals surface area (Å²) < 4.78 is 9.73. The Hall–Kier alpha value is -2.44. The van der Waals surface area contributed by atoms with Crippen molar-refractivity contribution in [2.45, 2.75) is 38.8 Å². The van der Waals surface area contributed by atoms with Crippen LogP contribution in [0.25, 0.3) is 0 Å². The van der Waals surface area contributed by atoms with E-state index in [2.05, 4.69) is 15.0 Å². The van der Waals surface area contributed by atoms with E-state index in [9.17, 15) is 14.4 Å². The molecule has 120 valence electrons. The van der Waals surface area contributed by atoms with Crippen LogP contribution in [0.3, 0.4) is 0 Å². The third-order valence-corrected chi connectivity index (χ3v) is 2.48. The molecule has 1 amide bonds. The third kappa shape index (κ3) is 5.90. The van der Waals surface area contributed by atoms with E-state index in [4.69, 9.17) is 4.74 Å². The molecule has 0 aromatic carbocycles. The lowest BCUT2D eigenvalue weighted by Gasteiger charge is -2.21. The first-order chi connectivity index (χ1) is 10.2. The molecule has 1 rings (SSSR count). The minimum Gasteiger partial charge on any atom is -0.467 e. The van der Waals surface area contributed by atoms with Crippen molar-refractivity contribution in [2.24, 2.45) is 0 Å². The first-order valence-corrected chi connectivity index (χ1v) is 6.74. The molecule has 0 aliphatic heterocycles. The van der Waals surface area contributed by atoms with Crippen LogP contribution in [-0.4, -0.2) is 41.6 Å². The van der Waals surface area contributed by atoms with Gasteiger partial charge in [-0.25, -0.2) is 4.79 Å². The molecule has 0 saturated carbocycles.